The number of nitrogens with two attached hydrogens (primary N) is 1. The molecule has 0 spiro atoms. The Labute approximate surface area is 164 Å². The summed E-state index contributed by atoms with van der Waals surface area (Å²) >= 11 is 0. The maximum atomic E-state index is 12.6. The molecule has 0 saturated carbocycles. The maximum absolute atomic E-state index is 12.6. The summed E-state index contributed by atoms with van der Waals surface area (Å²) in [7, 11) is 0. The first-order valence-electron chi connectivity index (χ1n) is 8.81. The van der Waals surface area contributed by atoms with Gasteiger partial charge in [-0.15, -0.1) is 0 Å². The fourth-order valence-corrected chi connectivity index (χ4v) is 2.66. The molecule has 0 aliphatic carbocycles. The molecule has 0 bridgehead atoms. The number of benzene rings is 3. The van der Waals surface area contributed by atoms with Crippen molar-refractivity contribution in [1.29, 1.82) is 5.26 Å². The standard InChI is InChI=1S/C23H20N4O/c24-15-19(23(28)26-16-18-7-3-1-4-8-18)17-27(21-9-5-2-6-10-21)22-13-11-20(25)12-14-22/h1-14,17H,16,25H2,(H,26,28)/b19-17-. The number of carbonyl (C=O) groups excluding carboxylic acids is 1. The fraction of sp³-hybridized carbons (Fsp3) is 0.0435. The lowest BCUT2D eigenvalue weighted by Crippen LogP contribution is -2.25. The molecule has 0 fully saturated rings. The van der Waals surface area contributed by atoms with Gasteiger partial charge in [-0.2, -0.15) is 5.26 Å². The van der Waals surface area contributed by atoms with Gasteiger partial charge in [-0.05, 0) is 42.0 Å². The van der Waals surface area contributed by atoms with E-state index in [1.54, 1.807) is 23.2 Å². The lowest BCUT2D eigenvalue weighted by Gasteiger charge is -2.21. The van der Waals surface area contributed by atoms with Crippen LogP contribution in [0, 0.1) is 11.3 Å². The number of para-hydroxylation sites is 1. The van der Waals surface area contributed by atoms with Crippen molar-refractivity contribution in [2.45, 2.75) is 6.54 Å². The third kappa shape index (κ3) is 4.77. The molecule has 0 heterocycles. The van der Waals surface area contributed by atoms with Crippen LogP contribution < -0.4 is 16.0 Å². The van der Waals surface area contributed by atoms with E-state index in [4.69, 9.17) is 5.73 Å². The van der Waals surface area contributed by atoms with Gasteiger partial charge in [0.25, 0.3) is 5.91 Å². The molecule has 5 heteroatoms. The molecule has 3 N–H and O–H groups in total. The van der Waals surface area contributed by atoms with Crippen LogP contribution in [0.4, 0.5) is 17.1 Å². The van der Waals surface area contributed by atoms with Gasteiger partial charge < -0.3 is 16.0 Å². The first-order chi connectivity index (χ1) is 13.7. The number of carbonyl (C=O) groups is 1. The maximum Gasteiger partial charge on any atom is 0.263 e. The zero-order valence-electron chi connectivity index (χ0n) is 15.2. The summed E-state index contributed by atoms with van der Waals surface area (Å²) in [5, 5.41) is 12.3. The van der Waals surface area contributed by atoms with Gasteiger partial charge in [0.05, 0.1) is 0 Å². The van der Waals surface area contributed by atoms with Gasteiger partial charge in [0.1, 0.15) is 11.6 Å². The number of nitrogens with zero attached hydrogens (tertiary/aromatic N) is 2. The van der Waals surface area contributed by atoms with Gasteiger partial charge in [0.2, 0.25) is 0 Å². The molecule has 0 saturated heterocycles. The van der Waals surface area contributed by atoms with E-state index in [1.165, 1.54) is 0 Å². The molecular formula is C23H20N4O. The monoisotopic (exact) mass is 368 g/mol. The van der Waals surface area contributed by atoms with Gasteiger partial charge in [0.15, 0.2) is 0 Å². The predicted molar refractivity (Wildman–Crippen MR) is 111 cm³/mol. The fourth-order valence-electron chi connectivity index (χ4n) is 2.66. The van der Waals surface area contributed by atoms with E-state index in [-0.39, 0.29) is 5.57 Å². The Morgan fingerprint density at radius 2 is 1.50 bits per heavy atom. The second-order valence-corrected chi connectivity index (χ2v) is 6.12. The smallest absolute Gasteiger partial charge is 0.263 e. The number of rotatable bonds is 6. The van der Waals surface area contributed by atoms with Crippen LogP contribution >= 0.6 is 0 Å². The van der Waals surface area contributed by atoms with Crippen LogP contribution in [-0.4, -0.2) is 5.91 Å². The number of anilines is 3. The topological polar surface area (TPSA) is 82.2 Å². The Morgan fingerprint density at radius 1 is 0.929 bits per heavy atom. The molecule has 5 nitrogen and oxygen atoms in total. The minimum atomic E-state index is -0.428. The first kappa shape index (κ1) is 18.7. The molecule has 1 amide bonds. The van der Waals surface area contributed by atoms with Crippen molar-refractivity contribution in [3.8, 4) is 6.07 Å². The molecule has 28 heavy (non-hydrogen) atoms. The van der Waals surface area contributed by atoms with Crippen molar-refractivity contribution < 1.29 is 4.79 Å². The van der Waals surface area contributed by atoms with Crippen molar-refractivity contribution in [2.24, 2.45) is 0 Å². The van der Waals surface area contributed by atoms with Crippen molar-refractivity contribution >= 4 is 23.0 Å². The van der Waals surface area contributed by atoms with E-state index in [0.29, 0.717) is 12.2 Å². The molecule has 0 aromatic heterocycles. The van der Waals surface area contributed by atoms with Crippen LogP contribution in [0.15, 0.2) is 96.7 Å². The highest BCUT2D eigenvalue weighted by Crippen LogP contribution is 2.27. The molecule has 138 valence electrons. The quantitative estimate of drug-likeness (QED) is 0.389. The number of hydrogen-bond donors (Lipinski definition) is 2. The highest BCUT2D eigenvalue weighted by molar-refractivity contribution is 5.98. The Morgan fingerprint density at radius 3 is 2.11 bits per heavy atom. The van der Waals surface area contributed by atoms with Crippen molar-refractivity contribution in [1.82, 2.24) is 5.32 Å². The summed E-state index contributed by atoms with van der Waals surface area (Å²) in [6.07, 6.45) is 1.54. The first-order valence-corrected chi connectivity index (χ1v) is 8.81. The summed E-state index contributed by atoms with van der Waals surface area (Å²) in [4.78, 5) is 14.3. The molecular weight excluding hydrogens is 348 g/mol. The van der Waals surface area contributed by atoms with E-state index in [9.17, 15) is 10.1 Å². The zero-order valence-corrected chi connectivity index (χ0v) is 15.2. The Hall–Kier alpha value is -4.04. The van der Waals surface area contributed by atoms with Gasteiger partial charge >= 0.3 is 0 Å². The number of nitrogen functional groups attached to an aromatic ring is 1. The van der Waals surface area contributed by atoms with Crippen molar-refractivity contribution in [3.05, 3.63) is 102 Å². The summed E-state index contributed by atoms with van der Waals surface area (Å²) in [6, 6.07) is 28.3. The molecule has 3 rings (SSSR count). The predicted octanol–water partition coefficient (Wildman–Crippen LogP) is 4.13. The second kappa shape index (κ2) is 9.06. The largest absolute Gasteiger partial charge is 0.399 e. The highest BCUT2D eigenvalue weighted by atomic mass is 16.1. The second-order valence-electron chi connectivity index (χ2n) is 6.12. The molecule has 0 radical (unpaired) electrons. The highest BCUT2D eigenvalue weighted by Gasteiger charge is 2.14. The summed E-state index contributed by atoms with van der Waals surface area (Å²) in [5.41, 5.74) is 9.03. The van der Waals surface area contributed by atoms with E-state index in [2.05, 4.69) is 5.32 Å². The molecule has 3 aromatic rings. The lowest BCUT2D eigenvalue weighted by molar-refractivity contribution is -0.117. The third-order valence-electron chi connectivity index (χ3n) is 4.12. The average Bonchev–Trinajstić information content (AvgIpc) is 2.75. The third-order valence-corrected chi connectivity index (χ3v) is 4.12. The molecule has 0 aliphatic heterocycles. The average molecular weight is 368 g/mol. The summed E-state index contributed by atoms with van der Waals surface area (Å²) < 4.78 is 0. The zero-order chi connectivity index (χ0) is 19.8. The van der Waals surface area contributed by atoms with Gasteiger partial charge in [-0.1, -0.05) is 48.5 Å². The summed E-state index contributed by atoms with van der Waals surface area (Å²) in [5.74, 6) is -0.428. The molecule has 0 unspecified atom stereocenters. The van der Waals surface area contributed by atoms with Crippen LogP contribution in [-0.2, 0) is 11.3 Å². The SMILES string of the molecule is N#C/C(=C/N(c1ccccc1)c1ccc(N)cc1)C(=O)NCc1ccccc1. The van der Waals surface area contributed by atoms with Crippen LogP contribution in [0.3, 0.4) is 0 Å². The Balaban J connectivity index is 1.87. The van der Waals surface area contributed by atoms with Crippen molar-refractivity contribution in [3.63, 3.8) is 0 Å². The molecule has 3 aromatic carbocycles. The van der Waals surface area contributed by atoms with Gasteiger partial charge in [0, 0.05) is 29.8 Å². The number of nitrogens with one attached hydrogen (secondary N) is 1. The number of nitriles is 1. The number of hydrogen-bond acceptors (Lipinski definition) is 4. The van der Waals surface area contributed by atoms with E-state index < -0.39 is 5.91 Å². The molecule has 0 atom stereocenters. The normalized spacial score (nSPS) is 10.8. The van der Waals surface area contributed by atoms with Crippen LogP contribution in [0.25, 0.3) is 0 Å². The van der Waals surface area contributed by atoms with E-state index >= 15 is 0 Å². The number of amides is 1. The Kier molecular flexibility index (Phi) is 6.06. The summed E-state index contributed by atoms with van der Waals surface area (Å²) in [6.45, 7) is 0.353. The van der Waals surface area contributed by atoms with Crippen LogP contribution in [0.1, 0.15) is 5.56 Å². The van der Waals surface area contributed by atoms with E-state index in [0.717, 1.165) is 16.9 Å². The lowest BCUT2D eigenvalue weighted by atomic mass is 10.2. The van der Waals surface area contributed by atoms with E-state index in [1.807, 2.05) is 78.9 Å². The molecule has 0 aliphatic rings. The minimum absolute atomic E-state index is 0.0107. The van der Waals surface area contributed by atoms with Crippen LogP contribution in [0.5, 0.6) is 0 Å². The minimum Gasteiger partial charge on any atom is -0.399 e. The van der Waals surface area contributed by atoms with Gasteiger partial charge in [-0.25, -0.2) is 0 Å². The Bertz CT molecular complexity index is 990. The van der Waals surface area contributed by atoms with Gasteiger partial charge in [-0.3, -0.25) is 4.79 Å². The van der Waals surface area contributed by atoms with Crippen molar-refractivity contribution in [2.75, 3.05) is 10.6 Å². The van der Waals surface area contributed by atoms with Crippen LogP contribution in [0.2, 0.25) is 0 Å².